The number of hydrogen-bond donors (Lipinski definition) is 1. The third kappa shape index (κ3) is 3.53. The summed E-state index contributed by atoms with van der Waals surface area (Å²) in [6.07, 6.45) is -11.6. The van der Waals surface area contributed by atoms with E-state index in [2.05, 4.69) is 11.9 Å². The Hall–Kier alpha value is -1.74. The van der Waals surface area contributed by atoms with Gasteiger partial charge in [-0.15, -0.1) is 0 Å². The third-order valence-electron chi connectivity index (χ3n) is 3.53. The summed E-state index contributed by atoms with van der Waals surface area (Å²) in [6, 6.07) is 0. The van der Waals surface area contributed by atoms with Gasteiger partial charge in [0.1, 0.15) is 0 Å². The molecule has 1 aliphatic heterocycles. The maximum atomic E-state index is 12.8. The molecule has 0 unspecified atom stereocenters. The number of nitrogens with zero attached hydrogens (tertiary/aromatic N) is 1. The van der Waals surface area contributed by atoms with E-state index < -0.39 is 49.1 Å². The zero-order valence-electron chi connectivity index (χ0n) is 11.4. The molecule has 0 aromatic carbocycles. The van der Waals surface area contributed by atoms with Crippen molar-refractivity contribution >= 4 is 11.8 Å². The molecule has 1 heterocycles. The Kier molecular flexibility index (Phi) is 5.14. The van der Waals surface area contributed by atoms with Crippen LogP contribution in [0.5, 0.6) is 0 Å². The molecule has 0 aromatic rings. The second kappa shape index (κ2) is 6.17. The summed E-state index contributed by atoms with van der Waals surface area (Å²) >= 11 is 0. The van der Waals surface area contributed by atoms with Crippen molar-refractivity contribution in [1.29, 1.82) is 0 Å². The summed E-state index contributed by atoms with van der Waals surface area (Å²) in [5.74, 6) is -1.46. The van der Waals surface area contributed by atoms with Crippen molar-refractivity contribution in [2.45, 2.75) is 25.2 Å². The number of likely N-dealkylation sites (tertiary alicyclic amines) is 1. The van der Waals surface area contributed by atoms with E-state index in [9.17, 15) is 35.9 Å². The van der Waals surface area contributed by atoms with Gasteiger partial charge >= 0.3 is 12.4 Å². The first kappa shape index (κ1) is 18.3. The molecule has 0 spiro atoms. The molecule has 0 bridgehead atoms. The fourth-order valence-electron chi connectivity index (χ4n) is 2.17. The van der Waals surface area contributed by atoms with E-state index >= 15 is 0 Å². The average molecular weight is 332 g/mol. The Morgan fingerprint density at radius 1 is 1.18 bits per heavy atom. The van der Waals surface area contributed by atoms with Crippen LogP contribution in [0.2, 0.25) is 0 Å². The molecule has 1 saturated heterocycles. The summed E-state index contributed by atoms with van der Waals surface area (Å²) in [5, 5.41) is 2.22. The minimum absolute atomic E-state index is 0.189. The number of rotatable bonds is 4. The maximum absolute atomic E-state index is 12.8. The van der Waals surface area contributed by atoms with Gasteiger partial charge in [0, 0.05) is 26.1 Å². The van der Waals surface area contributed by atoms with Crippen LogP contribution < -0.4 is 5.32 Å². The molecule has 0 aromatic heterocycles. The molecular weight excluding hydrogens is 318 g/mol. The minimum atomic E-state index is -5.49. The lowest BCUT2D eigenvalue weighted by Crippen LogP contribution is -2.52. The average Bonchev–Trinajstić information content (AvgIpc) is 2.83. The molecule has 4 nitrogen and oxygen atoms in total. The van der Waals surface area contributed by atoms with Gasteiger partial charge in [-0.2, -0.15) is 26.3 Å². The fourth-order valence-corrected chi connectivity index (χ4v) is 2.17. The quantitative estimate of drug-likeness (QED) is 0.633. The molecule has 1 rings (SSSR count). The molecule has 1 N–H and O–H groups in total. The highest BCUT2D eigenvalue weighted by atomic mass is 19.4. The van der Waals surface area contributed by atoms with Crippen LogP contribution in [0, 0.1) is 5.41 Å². The molecule has 2 amide bonds. The van der Waals surface area contributed by atoms with E-state index in [0.29, 0.717) is 4.90 Å². The Balaban J connectivity index is 2.72. The van der Waals surface area contributed by atoms with Gasteiger partial charge in [0.2, 0.25) is 11.8 Å². The van der Waals surface area contributed by atoms with Gasteiger partial charge in [-0.1, -0.05) is 6.58 Å². The van der Waals surface area contributed by atoms with Crippen molar-refractivity contribution in [3.63, 3.8) is 0 Å². The summed E-state index contributed by atoms with van der Waals surface area (Å²) < 4.78 is 77.0. The first-order valence-electron chi connectivity index (χ1n) is 6.26. The monoisotopic (exact) mass is 332 g/mol. The number of hydrogen-bond acceptors (Lipinski definition) is 2. The second-order valence-electron chi connectivity index (χ2n) is 4.89. The van der Waals surface area contributed by atoms with Gasteiger partial charge in [0.05, 0.1) is 0 Å². The smallest absolute Gasteiger partial charge is 0.352 e. The molecule has 1 aliphatic rings. The summed E-state index contributed by atoms with van der Waals surface area (Å²) in [4.78, 5) is 23.0. The van der Waals surface area contributed by atoms with Crippen molar-refractivity contribution in [3.8, 4) is 0 Å². The van der Waals surface area contributed by atoms with Crippen LogP contribution in [-0.4, -0.2) is 48.7 Å². The van der Waals surface area contributed by atoms with Crippen LogP contribution in [0.4, 0.5) is 26.3 Å². The number of alkyl halides is 6. The summed E-state index contributed by atoms with van der Waals surface area (Å²) in [6.45, 7) is 0.880. The Morgan fingerprint density at radius 3 is 2.14 bits per heavy atom. The van der Waals surface area contributed by atoms with Crippen LogP contribution in [0.3, 0.4) is 0 Å². The Bertz CT molecular complexity index is 444. The molecule has 0 saturated carbocycles. The van der Waals surface area contributed by atoms with E-state index in [-0.39, 0.29) is 13.0 Å². The van der Waals surface area contributed by atoms with Gasteiger partial charge in [-0.05, 0) is 12.5 Å². The van der Waals surface area contributed by atoms with Gasteiger partial charge in [0.15, 0.2) is 5.41 Å². The summed E-state index contributed by atoms with van der Waals surface area (Å²) in [5.41, 5.74) is -3.89. The van der Waals surface area contributed by atoms with Crippen LogP contribution >= 0.6 is 0 Å². The van der Waals surface area contributed by atoms with Crippen molar-refractivity contribution < 1.29 is 35.9 Å². The number of halogens is 6. The van der Waals surface area contributed by atoms with E-state index in [1.807, 2.05) is 0 Å². The first-order valence-corrected chi connectivity index (χ1v) is 6.26. The summed E-state index contributed by atoms with van der Waals surface area (Å²) in [7, 11) is 0. The molecular formula is C12H14F6N2O2. The number of nitrogens with one attached hydrogen (secondary N) is 1. The lowest BCUT2D eigenvalue weighted by Gasteiger charge is -2.33. The number of carbonyl (C=O) groups excluding carboxylic acids is 2. The molecule has 0 atom stereocenters. The van der Waals surface area contributed by atoms with Crippen LogP contribution in [0.1, 0.15) is 12.8 Å². The van der Waals surface area contributed by atoms with Crippen molar-refractivity contribution in [3.05, 3.63) is 12.7 Å². The van der Waals surface area contributed by atoms with Crippen molar-refractivity contribution in [2.75, 3.05) is 19.6 Å². The van der Waals surface area contributed by atoms with Gasteiger partial charge < -0.3 is 10.2 Å². The predicted octanol–water partition coefficient (Wildman–Crippen LogP) is 2.02. The van der Waals surface area contributed by atoms with E-state index in [0.717, 1.165) is 6.08 Å². The van der Waals surface area contributed by atoms with E-state index in [4.69, 9.17) is 0 Å². The lowest BCUT2D eigenvalue weighted by molar-refractivity contribution is -0.334. The third-order valence-corrected chi connectivity index (χ3v) is 3.53. The number of carbonyl (C=O) groups is 2. The zero-order chi connectivity index (χ0) is 17.2. The molecule has 22 heavy (non-hydrogen) atoms. The topological polar surface area (TPSA) is 49.4 Å². The highest BCUT2D eigenvalue weighted by Crippen LogP contribution is 2.55. The Morgan fingerprint density at radius 2 is 1.73 bits per heavy atom. The fraction of sp³-hybridized carbons (Fsp3) is 0.667. The Labute approximate surface area is 122 Å². The van der Waals surface area contributed by atoms with Crippen LogP contribution in [-0.2, 0) is 9.59 Å². The maximum Gasteiger partial charge on any atom is 0.404 e. The van der Waals surface area contributed by atoms with Crippen LogP contribution in [0.15, 0.2) is 12.7 Å². The zero-order valence-corrected chi connectivity index (χ0v) is 11.4. The van der Waals surface area contributed by atoms with Gasteiger partial charge in [-0.25, -0.2) is 0 Å². The lowest BCUT2D eigenvalue weighted by atomic mass is 9.85. The molecule has 10 heteroatoms. The largest absolute Gasteiger partial charge is 0.404 e. The molecule has 1 fully saturated rings. The predicted molar refractivity (Wildman–Crippen MR) is 63.6 cm³/mol. The highest BCUT2D eigenvalue weighted by Gasteiger charge is 2.72. The minimum Gasteiger partial charge on any atom is -0.352 e. The first-order chi connectivity index (χ1) is 9.94. The van der Waals surface area contributed by atoms with E-state index in [1.165, 1.54) is 0 Å². The molecule has 0 radical (unpaired) electrons. The number of amides is 2. The van der Waals surface area contributed by atoms with Crippen LogP contribution in [0.25, 0.3) is 0 Å². The molecule has 0 aliphatic carbocycles. The van der Waals surface area contributed by atoms with Gasteiger partial charge in [-0.3, -0.25) is 9.59 Å². The molecule has 126 valence electrons. The normalized spacial score (nSPS) is 18.2. The highest BCUT2D eigenvalue weighted by molar-refractivity contribution is 5.87. The second-order valence-corrected chi connectivity index (χ2v) is 4.89. The van der Waals surface area contributed by atoms with Crippen molar-refractivity contribution in [2.24, 2.45) is 5.41 Å². The SMILES string of the molecule is C=CC(=O)NCCC(=O)N1CCC(C(F)(F)F)(C(F)(F)F)C1. The van der Waals surface area contributed by atoms with E-state index in [1.54, 1.807) is 0 Å². The standard InChI is InChI=1S/C12H14F6N2O2/c1-2-8(21)19-5-3-9(22)20-6-4-10(7-20,11(13,14)15)12(16,17)18/h2H,1,3-7H2,(H,19,21). The van der Waals surface area contributed by atoms with Crippen molar-refractivity contribution in [1.82, 2.24) is 10.2 Å². The van der Waals surface area contributed by atoms with Gasteiger partial charge in [0.25, 0.3) is 0 Å².